The third kappa shape index (κ3) is 5.12. The Kier molecular flexibility index (Phi) is 4.70. The minimum Gasteiger partial charge on any atom is -0.508 e. The van der Waals surface area contributed by atoms with Crippen molar-refractivity contribution in [3.63, 3.8) is 0 Å². The summed E-state index contributed by atoms with van der Waals surface area (Å²) in [5.41, 5.74) is 0.368. The third-order valence-corrected chi connectivity index (χ3v) is 2.62. The molecule has 0 saturated carbocycles. The number of hydrogen-bond acceptors (Lipinski definition) is 4. The van der Waals surface area contributed by atoms with E-state index in [1.165, 1.54) is 0 Å². The molecule has 0 aliphatic heterocycles. The highest BCUT2D eigenvalue weighted by molar-refractivity contribution is 6.35. The molecule has 0 spiro atoms. The first-order valence-electron chi connectivity index (χ1n) is 6.29. The van der Waals surface area contributed by atoms with E-state index in [1.807, 2.05) is 6.92 Å². The first-order valence-corrected chi connectivity index (χ1v) is 6.29. The lowest BCUT2D eigenvalue weighted by Gasteiger charge is -2.20. The van der Waals surface area contributed by atoms with Gasteiger partial charge in [0.1, 0.15) is 17.1 Å². The first-order chi connectivity index (χ1) is 8.69. The Morgan fingerprint density at radius 2 is 1.84 bits per heavy atom. The second-order valence-corrected chi connectivity index (χ2v) is 5.68. The standard InChI is InChI=1S/C15H21NO3/c1-10(11-5-7-12(17)8-6-11)9-13(16)14(18)19-15(2,3)4/h5-8,10,16-17H,9H2,1-4H3. The number of hydrogen-bond donors (Lipinski definition) is 2. The molecule has 2 N–H and O–H groups in total. The van der Waals surface area contributed by atoms with Crippen LogP contribution in [0, 0.1) is 5.41 Å². The zero-order chi connectivity index (χ0) is 14.6. The minimum atomic E-state index is -0.578. The van der Waals surface area contributed by atoms with Crippen molar-refractivity contribution in [2.75, 3.05) is 0 Å². The van der Waals surface area contributed by atoms with Crippen molar-refractivity contribution in [1.29, 1.82) is 5.41 Å². The van der Waals surface area contributed by atoms with Crippen molar-refractivity contribution < 1.29 is 14.6 Å². The summed E-state index contributed by atoms with van der Waals surface area (Å²) in [7, 11) is 0. The molecule has 1 unspecified atom stereocenters. The quantitative estimate of drug-likeness (QED) is 0.647. The van der Waals surface area contributed by atoms with E-state index in [0.29, 0.717) is 6.42 Å². The van der Waals surface area contributed by atoms with Crippen LogP contribution in [0.4, 0.5) is 0 Å². The molecule has 0 radical (unpaired) electrons. The summed E-state index contributed by atoms with van der Waals surface area (Å²) in [6.07, 6.45) is 0.319. The van der Waals surface area contributed by atoms with Crippen molar-refractivity contribution in [2.45, 2.75) is 45.6 Å². The number of carbonyl (C=O) groups is 1. The van der Waals surface area contributed by atoms with Gasteiger partial charge in [-0.3, -0.25) is 5.41 Å². The molecule has 0 amide bonds. The van der Waals surface area contributed by atoms with Gasteiger partial charge in [0, 0.05) is 6.42 Å². The van der Waals surface area contributed by atoms with Crippen molar-refractivity contribution in [3.05, 3.63) is 29.8 Å². The molecule has 4 heteroatoms. The predicted molar refractivity (Wildman–Crippen MR) is 74.7 cm³/mol. The first kappa shape index (κ1) is 15.2. The molecule has 0 fully saturated rings. The van der Waals surface area contributed by atoms with Crippen molar-refractivity contribution in [1.82, 2.24) is 0 Å². The highest BCUT2D eigenvalue weighted by atomic mass is 16.6. The van der Waals surface area contributed by atoms with Gasteiger partial charge in [-0.05, 0) is 44.4 Å². The molecule has 0 heterocycles. The van der Waals surface area contributed by atoms with E-state index in [0.717, 1.165) is 5.56 Å². The number of nitrogens with one attached hydrogen (secondary N) is 1. The van der Waals surface area contributed by atoms with Gasteiger partial charge in [-0.1, -0.05) is 19.1 Å². The highest BCUT2D eigenvalue weighted by Gasteiger charge is 2.21. The summed E-state index contributed by atoms with van der Waals surface area (Å²) < 4.78 is 5.15. The van der Waals surface area contributed by atoms with E-state index in [1.54, 1.807) is 45.0 Å². The zero-order valence-corrected chi connectivity index (χ0v) is 11.9. The Morgan fingerprint density at radius 1 is 1.32 bits per heavy atom. The fourth-order valence-corrected chi connectivity index (χ4v) is 1.65. The Bertz CT molecular complexity index is 457. The Hall–Kier alpha value is -1.84. The van der Waals surface area contributed by atoms with Crippen molar-refractivity contribution in [2.24, 2.45) is 0 Å². The Labute approximate surface area is 113 Å². The molecule has 1 aromatic carbocycles. The number of ether oxygens (including phenoxy) is 1. The summed E-state index contributed by atoms with van der Waals surface area (Å²) in [5.74, 6) is -0.336. The van der Waals surface area contributed by atoms with Gasteiger partial charge in [-0.2, -0.15) is 0 Å². The van der Waals surface area contributed by atoms with E-state index < -0.39 is 11.6 Å². The summed E-state index contributed by atoms with van der Waals surface area (Å²) in [5, 5.41) is 17.0. The zero-order valence-electron chi connectivity index (χ0n) is 11.9. The van der Waals surface area contributed by atoms with Crippen LogP contribution in [0.2, 0.25) is 0 Å². The average Bonchev–Trinajstić information content (AvgIpc) is 2.27. The Morgan fingerprint density at radius 3 is 2.32 bits per heavy atom. The maximum atomic E-state index is 11.7. The molecular weight excluding hydrogens is 242 g/mol. The van der Waals surface area contributed by atoms with E-state index in [9.17, 15) is 9.90 Å². The third-order valence-electron chi connectivity index (χ3n) is 2.62. The van der Waals surface area contributed by atoms with Gasteiger partial charge in [-0.25, -0.2) is 4.79 Å². The molecule has 104 valence electrons. The van der Waals surface area contributed by atoms with Gasteiger partial charge >= 0.3 is 5.97 Å². The normalized spacial score (nSPS) is 12.8. The lowest BCUT2D eigenvalue weighted by Crippen LogP contribution is -2.29. The van der Waals surface area contributed by atoms with Crippen LogP contribution in [0.25, 0.3) is 0 Å². The van der Waals surface area contributed by atoms with E-state index >= 15 is 0 Å². The largest absolute Gasteiger partial charge is 0.508 e. The van der Waals surface area contributed by atoms with Crippen molar-refractivity contribution >= 4 is 11.7 Å². The number of benzene rings is 1. The van der Waals surface area contributed by atoms with Crippen LogP contribution in [-0.4, -0.2) is 22.4 Å². The molecule has 19 heavy (non-hydrogen) atoms. The van der Waals surface area contributed by atoms with Crippen molar-refractivity contribution in [3.8, 4) is 5.75 Å². The fourth-order valence-electron chi connectivity index (χ4n) is 1.65. The maximum absolute atomic E-state index is 11.7. The average molecular weight is 263 g/mol. The maximum Gasteiger partial charge on any atom is 0.352 e. The summed E-state index contributed by atoms with van der Waals surface area (Å²) >= 11 is 0. The number of esters is 1. The van der Waals surface area contributed by atoms with Gasteiger partial charge in [0.2, 0.25) is 0 Å². The summed E-state index contributed by atoms with van der Waals surface area (Å²) in [6, 6.07) is 6.79. The monoisotopic (exact) mass is 263 g/mol. The molecule has 1 aromatic rings. The molecular formula is C15H21NO3. The predicted octanol–water partition coefficient (Wildman–Crippen LogP) is 3.25. The van der Waals surface area contributed by atoms with E-state index in [-0.39, 0.29) is 17.4 Å². The molecule has 0 aromatic heterocycles. The molecule has 0 bridgehead atoms. The SMILES string of the molecule is CC(CC(=N)C(=O)OC(C)(C)C)c1ccc(O)cc1. The van der Waals surface area contributed by atoms with Gasteiger partial charge in [-0.15, -0.1) is 0 Å². The number of phenols is 1. The van der Waals surface area contributed by atoms with E-state index in [4.69, 9.17) is 10.1 Å². The van der Waals surface area contributed by atoms with Gasteiger partial charge in [0.15, 0.2) is 0 Å². The van der Waals surface area contributed by atoms with Crippen LogP contribution in [0.1, 0.15) is 45.6 Å². The Balaban J connectivity index is 2.61. The number of phenolic OH excluding ortho intramolecular Hbond substituents is 1. The second kappa shape index (κ2) is 5.87. The smallest absolute Gasteiger partial charge is 0.352 e. The van der Waals surface area contributed by atoms with Crippen LogP contribution in [0.3, 0.4) is 0 Å². The lowest BCUT2D eigenvalue weighted by atomic mass is 9.95. The molecule has 4 nitrogen and oxygen atoms in total. The fraction of sp³-hybridized carbons (Fsp3) is 0.467. The van der Waals surface area contributed by atoms with Gasteiger partial charge in [0.05, 0.1) is 0 Å². The summed E-state index contributed by atoms with van der Waals surface area (Å²) in [6.45, 7) is 7.27. The van der Waals surface area contributed by atoms with Gasteiger partial charge < -0.3 is 9.84 Å². The number of carbonyl (C=O) groups excluding carboxylic acids is 1. The molecule has 0 aliphatic rings. The van der Waals surface area contributed by atoms with E-state index in [2.05, 4.69) is 0 Å². The minimum absolute atomic E-state index is 0.0284. The molecule has 1 atom stereocenters. The highest BCUT2D eigenvalue weighted by Crippen LogP contribution is 2.22. The van der Waals surface area contributed by atoms with Crippen LogP contribution in [0.5, 0.6) is 5.75 Å². The van der Waals surface area contributed by atoms with Gasteiger partial charge in [0.25, 0.3) is 0 Å². The lowest BCUT2D eigenvalue weighted by molar-refractivity contribution is -0.146. The molecule has 0 aliphatic carbocycles. The number of rotatable bonds is 4. The topological polar surface area (TPSA) is 70.4 Å². The van der Waals surface area contributed by atoms with Crippen LogP contribution >= 0.6 is 0 Å². The second-order valence-electron chi connectivity index (χ2n) is 5.68. The van der Waals surface area contributed by atoms with Crippen LogP contribution in [-0.2, 0) is 9.53 Å². The summed E-state index contributed by atoms with van der Waals surface area (Å²) in [4.78, 5) is 11.7. The van der Waals surface area contributed by atoms with Crippen LogP contribution in [0.15, 0.2) is 24.3 Å². The molecule has 1 rings (SSSR count). The van der Waals surface area contributed by atoms with Crippen LogP contribution < -0.4 is 0 Å². The number of aromatic hydroxyl groups is 1. The molecule has 0 saturated heterocycles.